The number of rotatable bonds is 9. The number of ketones is 1. The number of aromatic amines is 1. The first-order valence-corrected chi connectivity index (χ1v) is 8.71. The van der Waals surface area contributed by atoms with Crippen molar-refractivity contribution < 1.29 is 14.1 Å². The second-order valence-corrected chi connectivity index (χ2v) is 6.02. The molecule has 0 amide bonds. The molecule has 1 N–H and O–H groups in total. The Morgan fingerprint density at radius 3 is 2.70 bits per heavy atom. The van der Waals surface area contributed by atoms with E-state index in [1.807, 2.05) is 0 Å². The van der Waals surface area contributed by atoms with Crippen LogP contribution in [0.15, 0.2) is 22.6 Å². The number of carbonyl (C=O) groups excluding carboxylic acids is 1. The molecular weight excluding hydrogens is 352 g/mol. The molecular formula is C17H20N6O4. The predicted octanol–water partition coefficient (Wildman–Crippen LogP) is 2.51. The van der Waals surface area contributed by atoms with Crippen LogP contribution < -0.4 is 0 Å². The minimum Gasteiger partial charge on any atom is -0.424 e. The third kappa shape index (κ3) is 4.34. The minimum absolute atomic E-state index is 0.0586. The normalized spacial score (nSPS) is 11.4. The van der Waals surface area contributed by atoms with Gasteiger partial charge < -0.3 is 9.40 Å². The van der Waals surface area contributed by atoms with E-state index in [1.54, 1.807) is 0 Å². The van der Waals surface area contributed by atoms with Gasteiger partial charge in [-0.25, -0.2) is 4.98 Å². The molecule has 10 heteroatoms. The fourth-order valence-electron chi connectivity index (χ4n) is 2.67. The van der Waals surface area contributed by atoms with Gasteiger partial charge in [-0.15, -0.1) is 10.2 Å². The van der Waals surface area contributed by atoms with Crippen molar-refractivity contribution in [1.82, 2.24) is 25.1 Å². The van der Waals surface area contributed by atoms with Crippen molar-refractivity contribution in [3.05, 3.63) is 45.9 Å². The van der Waals surface area contributed by atoms with Crippen molar-refractivity contribution in [1.29, 1.82) is 0 Å². The lowest BCUT2D eigenvalue weighted by atomic mass is 10.2. The molecule has 10 nitrogen and oxygen atoms in total. The summed E-state index contributed by atoms with van der Waals surface area (Å²) < 4.78 is 5.58. The summed E-state index contributed by atoms with van der Waals surface area (Å²) in [5.41, 5.74) is 0.895. The summed E-state index contributed by atoms with van der Waals surface area (Å²) in [5.74, 6) is 0.861. The van der Waals surface area contributed by atoms with Gasteiger partial charge in [0, 0.05) is 25.0 Å². The molecule has 2 aromatic heterocycles. The summed E-state index contributed by atoms with van der Waals surface area (Å²) in [6.45, 7) is 6.47. The second-order valence-electron chi connectivity index (χ2n) is 6.02. The SMILES string of the molecule is CCN(CC)Cc1nnc(CCC(=O)c2nc3ccc([N+](=O)[O-])cc3[nH]2)o1. The molecule has 142 valence electrons. The highest BCUT2D eigenvalue weighted by Crippen LogP contribution is 2.19. The molecule has 3 rings (SSSR count). The summed E-state index contributed by atoms with van der Waals surface area (Å²) >= 11 is 0. The monoisotopic (exact) mass is 372 g/mol. The number of nitro benzene ring substituents is 1. The van der Waals surface area contributed by atoms with E-state index in [1.165, 1.54) is 18.2 Å². The maximum absolute atomic E-state index is 12.4. The standard InChI is InChI=1S/C17H20N6O4/c1-3-22(4-2)10-16-21-20-15(27-16)8-7-14(24)17-18-12-6-5-11(23(25)26)9-13(12)19-17/h5-6,9H,3-4,7-8,10H2,1-2H3,(H,18,19). The number of carbonyl (C=O) groups is 1. The van der Waals surface area contributed by atoms with Crippen molar-refractivity contribution in [2.75, 3.05) is 13.1 Å². The molecule has 0 aliphatic rings. The highest BCUT2D eigenvalue weighted by Gasteiger charge is 2.16. The molecule has 27 heavy (non-hydrogen) atoms. The van der Waals surface area contributed by atoms with Crippen LogP contribution in [0, 0.1) is 10.1 Å². The Hall–Kier alpha value is -3.14. The van der Waals surface area contributed by atoms with Crippen LogP contribution in [0.1, 0.15) is 42.7 Å². The number of non-ortho nitro benzene ring substituents is 1. The molecule has 0 saturated carbocycles. The summed E-state index contributed by atoms with van der Waals surface area (Å²) in [4.78, 5) is 31.9. The second kappa shape index (κ2) is 8.04. The van der Waals surface area contributed by atoms with Crippen molar-refractivity contribution >= 4 is 22.5 Å². The average molecular weight is 372 g/mol. The molecule has 0 saturated heterocycles. The number of fused-ring (bicyclic) bond motifs is 1. The average Bonchev–Trinajstić information content (AvgIpc) is 3.29. The van der Waals surface area contributed by atoms with Gasteiger partial charge in [0.1, 0.15) is 0 Å². The Kier molecular flexibility index (Phi) is 5.55. The number of hydrogen-bond acceptors (Lipinski definition) is 8. The van der Waals surface area contributed by atoms with E-state index in [0.717, 1.165) is 13.1 Å². The highest BCUT2D eigenvalue weighted by atomic mass is 16.6. The van der Waals surface area contributed by atoms with Crippen LogP contribution >= 0.6 is 0 Å². The van der Waals surface area contributed by atoms with Gasteiger partial charge in [-0.05, 0) is 19.2 Å². The number of aromatic nitrogens is 4. The first kappa shape index (κ1) is 18.6. The topological polar surface area (TPSA) is 131 Å². The van der Waals surface area contributed by atoms with Crippen LogP contribution in [0.2, 0.25) is 0 Å². The van der Waals surface area contributed by atoms with Crippen molar-refractivity contribution in [3.8, 4) is 0 Å². The van der Waals surface area contributed by atoms with Crippen LogP contribution in [0.25, 0.3) is 11.0 Å². The fourth-order valence-corrected chi connectivity index (χ4v) is 2.67. The van der Waals surface area contributed by atoms with Gasteiger partial charge >= 0.3 is 0 Å². The number of benzene rings is 1. The van der Waals surface area contributed by atoms with Gasteiger partial charge in [0.15, 0.2) is 11.6 Å². The molecule has 0 atom stereocenters. The predicted molar refractivity (Wildman–Crippen MR) is 96.3 cm³/mol. The van der Waals surface area contributed by atoms with E-state index in [9.17, 15) is 14.9 Å². The Labute approximate surface area is 154 Å². The lowest BCUT2D eigenvalue weighted by molar-refractivity contribution is -0.384. The number of aryl methyl sites for hydroxylation is 1. The maximum atomic E-state index is 12.4. The van der Waals surface area contributed by atoms with E-state index in [0.29, 0.717) is 35.8 Å². The van der Waals surface area contributed by atoms with E-state index >= 15 is 0 Å². The quantitative estimate of drug-likeness (QED) is 0.344. The zero-order valence-corrected chi connectivity index (χ0v) is 15.1. The summed E-state index contributed by atoms with van der Waals surface area (Å²) in [7, 11) is 0. The molecule has 0 radical (unpaired) electrons. The van der Waals surface area contributed by atoms with Gasteiger partial charge in [0.2, 0.25) is 11.8 Å². The van der Waals surface area contributed by atoms with Crippen molar-refractivity contribution in [2.24, 2.45) is 0 Å². The molecule has 0 aliphatic heterocycles. The molecule has 0 spiro atoms. The highest BCUT2D eigenvalue weighted by molar-refractivity contribution is 5.96. The van der Waals surface area contributed by atoms with Gasteiger partial charge in [-0.1, -0.05) is 13.8 Å². The largest absolute Gasteiger partial charge is 0.424 e. The minimum atomic E-state index is -0.493. The summed E-state index contributed by atoms with van der Waals surface area (Å²) in [6.07, 6.45) is 0.454. The zero-order chi connectivity index (χ0) is 19.4. The van der Waals surface area contributed by atoms with E-state index < -0.39 is 4.92 Å². The lowest BCUT2D eigenvalue weighted by Crippen LogP contribution is -2.22. The van der Waals surface area contributed by atoms with Gasteiger partial charge in [-0.3, -0.25) is 19.8 Å². The Morgan fingerprint density at radius 2 is 2.00 bits per heavy atom. The molecule has 0 bridgehead atoms. The number of nitro groups is 1. The van der Waals surface area contributed by atoms with Crippen LogP contribution in [-0.2, 0) is 13.0 Å². The number of nitrogens with one attached hydrogen (secondary N) is 1. The number of imidazole rings is 1. The molecule has 0 unspecified atom stereocenters. The third-order valence-electron chi connectivity index (χ3n) is 4.27. The molecule has 2 heterocycles. The Morgan fingerprint density at radius 1 is 1.26 bits per heavy atom. The molecule has 1 aromatic carbocycles. The van der Waals surface area contributed by atoms with Gasteiger partial charge in [-0.2, -0.15) is 0 Å². The smallest absolute Gasteiger partial charge is 0.271 e. The summed E-state index contributed by atoms with van der Waals surface area (Å²) in [5, 5.41) is 18.8. The Balaban J connectivity index is 1.63. The molecule has 3 aromatic rings. The fraction of sp³-hybridized carbons (Fsp3) is 0.412. The number of nitrogens with zero attached hydrogens (tertiary/aromatic N) is 5. The van der Waals surface area contributed by atoms with Crippen LogP contribution in [0.3, 0.4) is 0 Å². The zero-order valence-electron chi connectivity index (χ0n) is 15.1. The van der Waals surface area contributed by atoms with Crippen LogP contribution in [-0.4, -0.2) is 48.9 Å². The van der Waals surface area contributed by atoms with Crippen LogP contribution in [0.5, 0.6) is 0 Å². The number of hydrogen-bond donors (Lipinski definition) is 1. The number of Topliss-reactive ketones (excluding diaryl/α,β-unsaturated/α-hetero) is 1. The van der Waals surface area contributed by atoms with Crippen LogP contribution in [0.4, 0.5) is 5.69 Å². The molecule has 0 fully saturated rings. The lowest BCUT2D eigenvalue weighted by Gasteiger charge is -2.14. The van der Waals surface area contributed by atoms with E-state index in [-0.39, 0.29) is 23.7 Å². The third-order valence-corrected chi connectivity index (χ3v) is 4.27. The maximum Gasteiger partial charge on any atom is 0.271 e. The van der Waals surface area contributed by atoms with E-state index in [4.69, 9.17) is 4.42 Å². The van der Waals surface area contributed by atoms with Crippen molar-refractivity contribution in [2.45, 2.75) is 33.2 Å². The first-order valence-electron chi connectivity index (χ1n) is 8.71. The first-order chi connectivity index (χ1) is 13.0. The van der Waals surface area contributed by atoms with Gasteiger partial charge in [0.05, 0.1) is 22.5 Å². The molecule has 0 aliphatic carbocycles. The van der Waals surface area contributed by atoms with Crippen molar-refractivity contribution in [3.63, 3.8) is 0 Å². The summed E-state index contributed by atoms with van der Waals surface area (Å²) in [6, 6.07) is 4.22. The Bertz CT molecular complexity index is 959. The number of H-pyrrole nitrogens is 1. The van der Waals surface area contributed by atoms with Gasteiger partial charge in [0.25, 0.3) is 5.69 Å². The van der Waals surface area contributed by atoms with E-state index in [2.05, 4.69) is 38.9 Å².